The van der Waals surface area contributed by atoms with Gasteiger partial charge in [0, 0.05) is 21.7 Å². The molecule has 0 amide bonds. The lowest BCUT2D eigenvalue weighted by atomic mass is 10.2. The first-order valence-corrected chi connectivity index (χ1v) is 9.18. The molecule has 0 radical (unpaired) electrons. The largest absolute Gasteiger partial charge is 0.511 e. The van der Waals surface area contributed by atoms with Crippen molar-refractivity contribution >= 4 is 45.0 Å². The summed E-state index contributed by atoms with van der Waals surface area (Å²) in [5.41, 5.74) is 0.307. The summed E-state index contributed by atoms with van der Waals surface area (Å²) < 4.78 is 5.75. The molecule has 0 atom stereocenters. The standard InChI is InChI=1S/C9H8S2.C8H7NO5/c1-10-8-2-3-9-7(6-8)4-5-11-9;1-5-4-6(9(12)13)2-3-7(5)14-8(10)11/h2-6H,1H3;2-4H,1H3,(H,10,11). The predicted molar refractivity (Wildman–Crippen MR) is 100 cm³/mol. The van der Waals surface area contributed by atoms with Crippen LogP contribution in [0.4, 0.5) is 10.5 Å². The maximum atomic E-state index is 10.3. The SMILES string of the molecule is CSc1ccc2sccc2c1.Cc1cc([N+](=O)[O-])ccc1OC(=O)O. The number of fused-ring (bicyclic) bond motifs is 1. The van der Waals surface area contributed by atoms with Crippen LogP contribution in [0.5, 0.6) is 5.75 Å². The smallest absolute Gasteiger partial charge is 0.449 e. The first kappa shape index (κ1) is 18.8. The van der Waals surface area contributed by atoms with Crippen LogP contribution in [0.25, 0.3) is 10.1 Å². The van der Waals surface area contributed by atoms with Gasteiger partial charge in [-0.25, -0.2) is 4.79 Å². The van der Waals surface area contributed by atoms with Crippen LogP contribution in [0.2, 0.25) is 0 Å². The van der Waals surface area contributed by atoms with Crippen molar-refractivity contribution in [2.24, 2.45) is 0 Å². The van der Waals surface area contributed by atoms with E-state index in [0.29, 0.717) is 5.56 Å². The van der Waals surface area contributed by atoms with Crippen LogP contribution in [-0.4, -0.2) is 22.4 Å². The second-order valence-corrected chi connectivity index (χ2v) is 6.73. The van der Waals surface area contributed by atoms with Gasteiger partial charge < -0.3 is 9.84 Å². The third kappa shape index (κ3) is 5.20. The van der Waals surface area contributed by atoms with Crippen LogP contribution in [0.3, 0.4) is 0 Å². The van der Waals surface area contributed by atoms with Gasteiger partial charge in [0.1, 0.15) is 5.75 Å². The maximum absolute atomic E-state index is 10.3. The Kier molecular flexibility index (Phi) is 6.37. The minimum absolute atomic E-state index is 0.0970. The Morgan fingerprint density at radius 1 is 1.24 bits per heavy atom. The fraction of sp³-hybridized carbons (Fsp3) is 0.118. The molecule has 0 spiro atoms. The molecule has 3 rings (SSSR count). The molecule has 1 aromatic heterocycles. The first-order valence-electron chi connectivity index (χ1n) is 7.08. The Labute approximate surface area is 152 Å². The van der Waals surface area contributed by atoms with E-state index in [2.05, 4.69) is 40.6 Å². The normalized spacial score (nSPS) is 10.0. The number of hydrogen-bond acceptors (Lipinski definition) is 6. The number of nitrogens with zero attached hydrogens (tertiary/aromatic N) is 1. The van der Waals surface area contributed by atoms with Crippen molar-refractivity contribution in [3.05, 3.63) is 63.5 Å². The third-order valence-corrected chi connectivity index (χ3v) is 4.85. The molecule has 25 heavy (non-hydrogen) atoms. The summed E-state index contributed by atoms with van der Waals surface area (Å²) in [6, 6.07) is 12.4. The summed E-state index contributed by atoms with van der Waals surface area (Å²) >= 11 is 3.59. The van der Waals surface area contributed by atoms with Crippen LogP contribution in [0, 0.1) is 17.0 Å². The van der Waals surface area contributed by atoms with Crippen molar-refractivity contribution in [3.8, 4) is 5.75 Å². The molecule has 1 heterocycles. The molecule has 0 saturated heterocycles. The molecular formula is C17H15NO5S2. The molecule has 0 aliphatic carbocycles. The van der Waals surface area contributed by atoms with Crippen LogP contribution in [0.1, 0.15) is 5.56 Å². The number of nitro groups is 1. The molecule has 0 bridgehead atoms. The van der Waals surface area contributed by atoms with Crippen LogP contribution >= 0.6 is 23.1 Å². The highest BCUT2D eigenvalue weighted by atomic mass is 32.2. The van der Waals surface area contributed by atoms with Gasteiger partial charge in [0.2, 0.25) is 0 Å². The average molecular weight is 377 g/mol. The highest BCUT2D eigenvalue weighted by Gasteiger charge is 2.10. The number of ether oxygens (including phenoxy) is 1. The quantitative estimate of drug-likeness (QED) is 0.211. The van der Waals surface area contributed by atoms with Crippen LogP contribution in [0.15, 0.2) is 52.7 Å². The number of aryl methyl sites for hydroxylation is 1. The molecule has 130 valence electrons. The van der Waals surface area contributed by atoms with Gasteiger partial charge in [-0.15, -0.1) is 23.1 Å². The second-order valence-electron chi connectivity index (χ2n) is 4.90. The highest BCUT2D eigenvalue weighted by molar-refractivity contribution is 7.98. The molecule has 0 saturated carbocycles. The van der Waals surface area contributed by atoms with Gasteiger partial charge in [-0.05, 0) is 59.8 Å². The number of non-ortho nitro benzene ring substituents is 1. The Balaban J connectivity index is 0.000000185. The number of carbonyl (C=O) groups is 1. The molecule has 1 N–H and O–H groups in total. The maximum Gasteiger partial charge on any atom is 0.511 e. The highest BCUT2D eigenvalue weighted by Crippen LogP contribution is 2.25. The minimum atomic E-state index is -1.44. The van der Waals surface area contributed by atoms with E-state index < -0.39 is 11.1 Å². The van der Waals surface area contributed by atoms with Gasteiger partial charge >= 0.3 is 6.16 Å². The van der Waals surface area contributed by atoms with Crippen molar-refractivity contribution in [2.45, 2.75) is 11.8 Å². The molecule has 0 aliphatic heterocycles. The molecule has 8 heteroatoms. The topological polar surface area (TPSA) is 89.7 Å². The van der Waals surface area contributed by atoms with Crippen molar-refractivity contribution in [3.63, 3.8) is 0 Å². The number of rotatable bonds is 3. The lowest BCUT2D eigenvalue weighted by Gasteiger charge is -2.02. The van der Waals surface area contributed by atoms with Gasteiger partial charge in [0.05, 0.1) is 4.92 Å². The fourth-order valence-corrected chi connectivity index (χ4v) is 3.25. The van der Waals surface area contributed by atoms with Gasteiger partial charge in [0.15, 0.2) is 0 Å². The molecule has 6 nitrogen and oxygen atoms in total. The summed E-state index contributed by atoms with van der Waals surface area (Å²) in [4.78, 5) is 21.3. The molecule has 0 aliphatic rings. The summed E-state index contributed by atoms with van der Waals surface area (Å²) in [7, 11) is 0. The molecule has 2 aromatic carbocycles. The van der Waals surface area contributed by atoms with Crippen LogP contribution < -0.4 is 4.74 Å². The van der Waals surface area contributed by atoms with Crippen molar-refractivity contribution in [1.29, 1.82) is 0 Å². The van der Waals surface area contributed by atoms with E-state index in [0.717, 1.165) is 0 Å². The predicted octanol–water partition coefficient (Wildman–Crippen LogP) is 5.58. The zero-order valence-electron chi connectivity index (χ0n) is 13.5. The van der Waals surface area contributed by atoms with E-state index in [-0.39, 0.29) is 11.4 Å². The third-order valence-electron chi connectivity index (χ3n) is 3.23. The molecule has 3 aromatic rings. The number of carboxylic acid groups (broad SMARTS) is 1. The Bertz CT molecular complexity index is 907. The number of hydrogen-bond donors (Lipinski definition) is 1. The van der Waals surface area contributed by atoms with E-state index in [9.17, 15) is 14.9 Å². The zero-order chi connectivity index (χ0) is 18.4. The average Bonchev–Trinajstić information content (AvgIpc) is 3.04. The Morgan fingerprint density at radius 2 is 2.00 bits per heavy atom. The van der Waals surface area contributed by atoms with Gasteiger partial charge in [-0.1, -0.05) is 0 Å². The van der Waals surface area contributed by atoms with Crippen molar-refractivity contribution in [2.75, 3.05) is 6.26 Å². The monoisotopic (exact) mass is 377 g/mol. The zero-order valence-corrected chi connectivity index (χ0v) is 15.1. The number of benzene rings is 2. The van der Waals surface area contributed by atoms with Crippen LogP contribution in [-0.2, 0) is 0 Å². The van der Waals surface area contributed by atoms with Gasteiger partial charge in [0.25, 0.3) is 5.69 Å². The van der Waals surface area contributed by atoms with Gasteiger partial charge in [-0.2, -0.15) is 0 Å². The van der Waals surface area contributed by atoms with E-state index in [1.807, 2.05) is 0 Å². The number of thiophene rings is 1. The van der Waals surface area contributed by atoms with Crippen molar-refractivity contribution in [1.82, 2.24) is 0 Å². The molecule has 0 fully saturated rings. The first-order chi connectivity index (χ1) is 11.9. The summed E-state index contributed by atoms with van der Waals surface area (Å²) in [5.74, 6) is 0.100. The Hall–Kier alpha value is -2.58. The lowest BCUT2D eigenvalue weighted by molar-refractivity contribution is -0.384. The molecule has 0 unspecified atom stereocenters. The summed E-state index contributed by atoms with van der Waals surface area (Å²) in [6.45, 7) is 1.53. The van der Waals surface area contributed by atoms with E-state index in [1.54, 1.807) is 23.1 Å². The van der Waals surface area contributed by atoms with E-state index in [4.69, 9.17) is 5.11 Å². The summed E-state index contributed by atoms with van der Waals surface area (Å²) in [6.07, 6.45) is 0.662. The van der Waals surface area contributed by atoms with Gasteiger partial charge in [-0.3, -0.25) is 10.1 Å². The van der Waals surface area contributed by atoms with E-state index in [1.165, 1.54) is 40.1 Å². The Morgan fingerprint density at radius 3 is 2.60 bits per heavy atom. The minimum Gasteiger partial charge on any atom is -0.449 e. The van der Waals surface area contributed by atoms with Crippen molar-refractivity contribution < 1.29 is 19.6 Å². The van der Waals surface area contributed by atoms with E-state index >= 15 is 0 Å². The second kappa shape index (κ2) is 8.50. The number of thioether (sulfide) groups is 1. The lowest BCUT2D eigenvalue weighted by Crippen LogP contribution is -2.04. The molecular weight excluding hydrogens is 362 g/mol. The summed E-state index contributed by atoms with van der Waals surface area (Å²) in [5, 5.41) is 22.1. The number of nitro benzene ring substituents is 1. The fourth-order valence-electron chi connectivity index (χ4n) is 2.03.